The van der Waals surface area contributed by atoms with Crippen molar-refractivity contribution in [3.63, 3.8) is 0 Å². The van der Waals surface area contributed by atoms with E-state index < -0.39 is 0 Å². The van der Waals surface area contributed by atoms with Crippen molar-refractivity contribution in [3.8, 4) is 0 Å². The molecule has 2 heteroatoms. The number of hydrogen-bond donors (Lipinski definition) is 1. The van der Waals surface area contributed by atoms with Crippen LogP contribution < -0.4 is 5.32 Å². The lowest BCUT2D eigenvalue weighted by molar-refractivity contribution is 0.453. The molecule has 1 saturated carbocycles. The summed E-state index contributed by atoms with van der Waals surface area (Å²) in [5, 5.41) is 3.80. The summed E-state index contributed by atoms with van der Waals surface area (Å²) < 4.78 is 0. The van der Waals surface area contributed by atoms with E-state index in [-0.39, 0.29) is 0 Å². The zero-order chi connectivity index (χ0) is 11.5. The lowest BCUT2D eigenvalue weighted by Gasteiger charge is -2.27. The van der Waals surface area contributed by atoms with E-state index in [1.807, 2.05) is 0 Å². The second kappa shape index (κ2) is 5.45. The van der Waals surface area contributed by atoms with Gasteiger partial charge in [-0.05, 0) is 36.4 Å². The number of hydrogen-bond acceptors (Lipinski definition) is 2. The van der Waals surface area contributed by atoms with E-state index in [2.05, 4.69) is 41.3 Å². The SMILES string of the molecule is c1ccc2c(c1)CSCC2NCC1CCCC1. The molecule has 2 aliphatic rings. The summed E-state index contributed by atoms with van der Waals surface area (Å²) >= 11 is 2.07. The first-order valence-corrected chi connectivity index (χ1v) is 7.98. The quantitative estimate of drug-likeness (QED) is 0.873. The Bertz CT molecular complexity index is 371. The highest BCUT2D eigenvalue weighted by molar-refractivity contribution is 7.98. The van der Waals surface area contributed by atoms with Gasteiger partial charge >= 0.3 is 0 Å². The van der Waals surface area contributed by atoms with E-state index in [0.717, 1.165) is 5.92 Å². The van der Waals surface area contributed by atoms with Crippen molar-refractivity contribution in [2.75, 3.05) is 12.3 Å². The predicted molar refractivity (Wildman–Crippen MR) is 75.3 cm³/mol. The molecule has 1 unspecified atom stereocenters. The molecule has 1 atom stereocenters. The lowest BCUT2D eigenvalue weighted by Crippen LogP contribution is -2.30. The number of benzene rings is 1. The van der Waals surface area contributed by atoms with E-state index in [4.69, 9.17) is 0 Å². The van der Waals surface area contributed by atoms with Crippen LogP contribution in [0.5, 0.6) is 0 Å². The normalized spacial score (nSPS) is 24.8. The fourth-order valence-electron chi connectivity index (χ4n) is 3.07. The van der Waals surface area contributed by atoms with Gasteiger partial charge in [0.2, 0.25) is 0 Å². The molecule has 0 spiro atoms. The van der Waals surface area contributed by atoms with Crippen LogP contribution in [-0.2, 0) is 5.75 Å². The summed E-state index contributed by atoms with van der Waals surface area (Å²) in [5.41, 5.74) is 3.08. The van der Waals surface area contributed by atoms with Crippen LogP contribution in [0.1, 0.15) is 42.9 Å². The lowest BCUT2D eigenvalue weighted by atomic mass is 10.0. The van der Waals surface area contributed by atoms with Gasteiger partial charge in [-0.2, -0.15) is 11.8 Å². The minimum Gasteiger partial charge on any atom is -0.309 e. The van der Waals surface area contributed by atoms with Crippen LogP contribution in [0, 0.1) is 5.92 Å². The Labute approximate surface area is 108 Å². The molecule has 0 saturated heterocycles. The third-order valence-corrected chi connectivity index (χ3v) is 5.18. The van der Waals surface area contributed by atoms with E-state index in [1.54, 1.807) is 5.56 Å². The molecule has 0 radical (unpaired) electrons. The average Bonchev–Trinajstić information content (AvgIpc) is 2.89. The number of rotatable bonds is 3. The summed E-state index contributed by atoms with van der Waals surface area (Å²) in [6, 6.07) is 9.52. The molecule has 0 aromatic heterocycles. The van der Waals surface area contributed by atoms with Gasteiger partial charge in [-0.25, -0.2) is 0 Å². The predicted octanol–water partition coefficient (Wildman–Crippen LogP) is 3.75. The van der Waals surface area contributed by atoms with Crippen molar-refractivity contribution >= 4 is 11.8 Å². The van der Waals surface area contributed by atoms with Crippen LogP contribution in [0.15, 0.2) is 24.3 Å². The number of fused-ring (bicyclic) bond motifs is 1. The minimum atomic E-state index is 0.588. The molecule has 1 nitrogen and oxygen atoms in total. The largest absolute Gasteiger partial charge is 0.309 e. The zero-order valence-electron chi connectivity index (χ0n) is 10.3. The molecular weight excluding hydrogens is 226 g/mol. The second-order valence-electron chi connectivity index (χ2n) is 5.33. The fourth-order valence-corrected chi connectivity index (χ4v) is 4.21. The topological polar surface area (TPSA) is 12.0 Å². The van der Waals surface area contributed by atoms with Gasteiger partial charge in [0.1, 0.15) is 0 Å². The van der Waals surface area contributed by atoms with E-state index in [1.165, 1.54) is 49.3 Å². The van der Waals surface area contributed by atoms with Crippen LogP contribution >= 0.6 is 11.8 Å². The molecule has 1 heterocycles. The molecule has 92 valence electrons. The molecule has 3 rings (SSSR count). The van der Waals surface area contributed by atoms with Gasteiger partial charge < -0.3 is 5.32 Å². The molecule has 1 N–H and O–H groups in total. The Balaban J connectivity index is 1.64. The molecule has 1 aromatic rings. The van der Waals surface area contributed by atoms with Gasteiger partial charge in [0, 0.05) is 17.5 Å². The Kier molecular flexibility index (Phi) is 3.72. The average molecular weight is 247 g/mol. The van der Waals surface area contributed by atoms with Gasteiger partial charge in [0.25, 0.3) is 0 Å². The second-order valence-corrected chi connectivity index (χ2v) is 6.36. The zero-order valence-corrected chi connectivity index (χ0v) is 11.1. The van der Waals surface area contributed by atoms with Crippen molar-refractivity contribution in [2.45, 2.75) is 37.5 Å². The molecule has 1 aliphatic heterocycles. The van der Waals surface area contributed by atoms with E-state index in [9.17, 15) is 0 Å². The van der Waals surface area contributed by atoms with Gasteiger partial charge in [-0.15, -0.1) is 0 Å². The summed E-state index contributed by atoms with van der Waals surface area (Å²) in [7, 11) is 0. The van der Waals surface area contributed by atoms with Crippen molar-refractivity contribution in [2.24, 2.45) is 5.92 Å². The van der Waals surface area contributed by atoms with Gasteiger partial charge in [0.15, 0.2) is 0 Å². The fraction of sp³-hybridized carbons (Fsp3) is 0.600. The standard InChI is InChI=1S/C15H21NS/c1-2-6-12(5-1)9-16-15-11-17-10-13-7-3-4-8-14(13)15/h3-4,7-8,12,15-16H,1-2,5-6,9-11H2. The molecule has 1 aromatic carbocycles. The molecule has 17 heavy (non-hydrogen) atoms. The highest BCUT2D eigenvalue weighted by Gasteiger charge is 2.21. The van der Waals surface area contributed by atoms with Crippen LogP contribution in [0.4, 0.5) is 0 Å². The summed E-state index contributed by atoms with van der Waals surface area (Å²) in [4.78, 5) is 0. The van der Waals surface area contributed by atoms with Crippen LogP contribution in [0.3, 0.4) is 0 Å². The third kappa shape index (κ3) is 2.69. The molecule has 1 fully saturated rings. The highest BCUT2D eigenvalue weighted by atomic mass is 32.2. The Morgan fingerprint density at radius 3 is 2.88 bits per heavy atom. The first-order chi connectivity index (χ1) is 8.43. The first-order valence-electron chi connectivity index (χ1n) is 6.82. The molecule has 0 bridgehead atoms. The first kappa shape index (κ1) is 11.6. The minimum absolute atomic E-state index is 0.588. The maximum atomic E-state index is 3.80. The van der Waals surface area contributed by atoms with Crippen LogP contribution in [-0.4, -0.2) is 12.3 Å². The number of thioether (sulfide) groups is 1. The van der Waals surface area contributed by atoms with Crippen molar-refractivity contribution in [1.29, 1.82) is 0 Å². The summed E-state index contributed by atoms with van der Waals surface area (Å²) in [5.74, 6) is 3.37. The highest BCUT2D eigenvalue weighted by Crippen LogP contribution is 2.32. The van der Waals surface area contributed by atoms with E-state index >= 15 is 0 Å². The monoisotopic (exact) mass is 247 g/mol. The molecule has 1 aliphatic carbocycles. The summed E-state index contributed by atoms with van der Waals surface area (Å²) in [6.07, 6.45) is 5.77. The van der Waals surface area contributed by atoms with Crippen molar-refractivity contribution < 1.29 is 0 Å². The third-order valence-electron chi connectivity index (χ3n) is 4.10. The Morgan fingerprint density at radius 1 is 1.18 bits per heavy atom. The molecule has 0 amide bonds. The maximum absolute atomic E-state index is 3.80. The molecular formula is C15H21NS. The van der Waals surface area contributed by atoms with Crippen molar-refractivity contribution in [3.05, 3.63) is 35.4 Å². The summed E-state index contributed by atoms with van der Waals surface area (Å²) in [6.45, 7) is 1.22. The van der Waals surface area contributed by atoms with E-state index in [0.29, 0.717) is 6.04 Å². The smallest absolute Gasteiger partial charge is 0.0415 e. The van der Waals surface area contributed by atoms with Gasteiger partial charge in [0.05, 0.1) is 0 Å². The van der Waals surface area contributed by atoms with Gasteiger partial charge in [-0.3, -0.25) is 0 Å². The Morgan fingerprint density at radius 2 is 2.00 bits per heavy atom. The van der Waals surface area contributed by atoms with Crippen molar-refractivity contribution in [1.82, 2.24) is 5.32 Å². The van der Waals surface area contributed by atoms with Gasteiger partial charge in [-0.1, -0.05) is 37.1 Å². The Hall–Kier alpha value is -0.470. The number of nitrogens with one attached hydrogen (secondary N) is 1. The van der Waals surface area contributed by atoms with Crippen LogP contribution in [0.25, 0.3) is 0 Å². The van der Waals surface area contributed by atoms with Crippen LogP contribution in [0.2, 0.25) is 0 Å². The maximum Gasteiger partial charge on any atom is 0.0415 e.